The summed E-state index contributed by atoms with van der Waals surface area (Å²) < 4.78 is 68.0. The van der Waals surface area contributed by atoms with Crippen LogP contribution in [0, 0.1) is 11.8 Å². The van der Waals surface area contributed by atoms with Crippen molar-refractivity contribution in [3.8, 4) is 0 Å². The van der Waals surface area contributed by atoms with E-state index in [9.17, 15) is 43.2 Å². The fourth-order valence-corrected chi connectivity index (χ4v) is 11.3. The first-order valence-electron chi connectivity index (χ1n) is 34.0. The van der Waals surface area contributed by atoms with Crippen molar-refractivity contribution in [1.29, 1.82) is 0 Å². The van der Waals surface area contributed by atoms with Gasteiger partial charge in [-0.2, -0.15) is 0 Å². The lowest BCUT2D eigenvalue weighted by atomic mass is 9.99. The number of carbonyl (C=O) groups is 4. The topological polar surface area (TPSA) is 237 Å². The second-order valence-electron chi connectivity index (χ2n) is 24.2. The highest BCUT2D eigenvalue weighted by molar-refractivity contribution is 7.47. The largest absolute Gasteiger partial charge is 0.472 e. The lowest BCUT2D eigenvalue weighted by Crippen LogP contribution is -2.30. The van der Waals surface area contributed by atoms with Gasteiger partial charge in [-0.3, -0.25) is 37.3 Å². The van der Waals surface area contributed by atoms with Crippen LogP contribution in [0.15, 0.2) is 0 Å². The lowest BCUT2D eigenvalue weighted by Gasteiger charge is -2.21. The van der Waals surface area contributed by atoms with Crippen molar-refractivity contribution in [3.05, 3.63) is 0 Å². The average Bonchev–Trinajstić information content (AvgIpc) is 3.48. The molecule has 0 saturated heterocycles. The molecule has 0 rings (SSSR count). The third-order valence-corrected chi connectivity index (χ3v) is 17.2. The van der Waals surface area contributed by atoms with Crippen LogP contribution in [-0.2, 0) is 65.4 Å². The number of phosphoric acid groups is 2. The quantitative estimate of drug-likeness (QED) is 0.0222. The van der Waals surface area contributed by atoms with E-state index in [-0.39, 0.29) is 25.7 Å². The molecule has 0 aliphatic carbocycles. The molecule has 0 aromatic rings. The summed E-state index contributed by atoms with van der Waals surface area (Å²) in [5.74, 6) is -0.689. The molecule has 498 valence electrons. The van der Waals surface area contributed by atoms with Crippen molar-refractivity contribution in [2.45, 2.75) is 342 Å². The summed E-state index contributed by atoms with van der Waals surface area (Å²) in [6, 6.07) is 0. The second-order valence-corrected chi connectivity index (χ2v) is 27.1. The first-order valence-corrected chi connectivity index (χ1v) is 37.0. The number of ether oxygens (including phenoxy) is 4. The van der Waals surface area contributed by atoms with E-state index in [1.54, 1.807) is 0 Å². The Morgan fingerprint density at radius 1 is 0.345 bits per heavy atom. The predicted molar refractivity (Wildman–Crippen MR) is 335 cm³/mol. The highest BCUT2D eigenvalue weighted by Crippen LogP contribution is 2.45. The summed E-state index contributed by atoms with van der Waals surface area (Å²) in [5, 5.41) is 10.5. The first kappa shape index (κ1) is 82.1. The van der Waals surface area contributed by atoms with E-state index in [0.29, 0.717) is 31.6 Å². The number of phosphoric ester groups is 2. The van der Waals surface area contributed by atoms with E-state index in [2.05, 4.69) is 41.5 Å². The van der Waals surface area contributed by atoms with Crippen LogP contribution in [0.3, 0.4) is 0 Å². The van der Waals surface area contributed by atoms with Gasteiger partial charge in [0.1, 0.15) is 19.3 Å². The minimum Gasteiger partial charge on any atom is -0.462 e. The van der Waals surface area contributed by atoms with Crippen molar-refractivity contribution >= 4 is 39.5 Å². The Morgan fingerprint density at radius 3 is 0.905 bits per heavy atom. The Labute approximate surface area is 511 Å². The number of hydrogen-bond donors (Lipinski definition) is 3. The standard InChI is InChI=1S/C65H126O17P2/c1-7-10-12-14-16-18-19-20-21-22-24-30-37-43-49-64(69)81-60(53-76-63(68)48-42-36-29-26-25-27-34-40-46-58(6)9-3)55-79-83(71,72)77-51-59(66)52-78-84(73,74)80-56-61(82-65(70)50-44-38-32-31-33-39-45-57(4)5)54-75-62(67)47-41-35-28-23-17-15-13-11-8-2/h57-61,66H,7-56H2,1-6H3,(H,71,72)(H,73,74)/t58?,59-,60-,61-/m1/s1. The summed E-state index contributed by atoms with van der Waals surface area (Å²) >= 11 is 0. The van der Waals surface area contributed by atoms with Crippen molar-refractivity contribution < 1.29 is 80.2 Å². The molecule has 0 spiro atoms. The van der Waals surface area contributed by atoms with Gasteiger partial charge in [-0.1, -0.05) is 273 Å². The normalized spacial score (nSPS) is 14.6. The molecule has 0 bridgehead atoms. The molecule has 3 unspecified atom stereocenters. The molecule has 0 aromatic heterocycles. The molecule has 17 nitrogen and oxygen atoms in total. The molecule has 0 amide bonds. The first-order chi connectivity index (χ1) is 40.4. The van der Waals surface area contributed by atoms with Crippen LogP contribution in [0.25, 0.3) is 0 Å². The summed E-state index contributed by atoms with van der Waals surface area (Å²) in [5.41, 5.74) is 0. The van der Waals surface area contributed by atoms with Crippen LogP contribution in [0.4, 0.5) is 0 Å². The van der Waals surface area contributed by atoms with E-state index >= 15 is 0 Å². The highest BCUT2D eigenvalue weighted by atomic mass is 31.2. The Kier molecular flexibility index (Phi) is 56.2. The highest BCUT2D eigenvalue weighted by Gasteiger charge is 2.30. The van der Waals surface area contributed by atoms with Crippen molar-refractivity contribution in [3.63, 3.8) is 0 Å². The van der Waals surface area contributed by atoms with Gasteiger partial charge in [-0.25, -0.2) is 9.13 Å². The SMILES string of the molecule is CCCCCCCCCCCCCCCCC(=O)O[C@H](COC(=O)CCCCCCCCCCC(C)CC)COP(=O)(O)OC[C@@H](O)COP(=O)(O)OC[C@@H](COC(=O)CCCCCCCCCCC)OC(=O)CCCCCCCCC(C)C. The monoisotopic (exact) mass is 1240 g/mol. The number of rotatable bonds is 64. The Balaban J connectivity index is 5.24. The molecule has 0 saturated carbocycles. The zero-order chi connectivity index (χ0) is 62.2. The smallest absolute Gasteiger partial charge is 0.462 e. The maximum atomic E-state index is 13.0. The van der Waals surface area contributed by atoms with Gasteiger partial charge < -0.3 is 33.8 Å². The van der Waals surface area contributed by atoms with Crippen LogP contribution >= 0.6 is 15.6 Å². The van der Waals surface area contributed by atoms with Gasteiger partial charge in [0, 0.05) is 25.7 Å². The minimum absolute atomic E-state index is 0.102. The zero-order valence-electron chi connectivity index (χ0n) is 54.2. The Hall–Kier alpha value is -1.94. The number of aliphatic hydroxyl groups is 1. The van der Waals surface area contributed by atoms with Gasteiger partial charge in [0.15, 0.2) is 12.2 Å². The number of unbranched alkanes of at least 4 members (excludes halogenated alkanes) is 33. The van der Waals surface area contributed by atoms with Gasteiger partial charge in [0.05, 0.1) is 26.4 Å². The molecule has 0 fully saturated rings. The molecular weight excluding hydrogens is 1110 g/mol. The number of esters is 4. The predicted octanol–water partition coefficient (Wildman–Crippen LogP) is 18.0. The molecule has 0 radical (unpaired) electrons. The zero-order valence-corrected chi connectivity index (χ0v) is 56.0. The van der Waals surface area contributed by atoms with Crippen molar-refractivity contribution in [2.75, 3.05) is 39.6 Å². The fraction of sp³-hybridized carbons (Fsp3) is 0.938. The van der Waals surface area contributed by atoms with Crippen molar-refractivity contribution in [1.82, 2.24) is 0 Å². The minimum atomic E-state index is -4.95. The fourth-order valence-electron chi connectivity index (χ4n) is 9.68. The maximum Gasteiger partial charge on any atom is 0.472 e. The summed E-state index contributed by atoms with van der Waals surface area (Å²) in [6.45, 7) is 9.40. The lowest BCUT2D eigenvalue weighted by molar-refractivity contribution is -0.161. The Bertz CT molecular complexity index is 1650. The molecule has 0 heterocycles. The van der Waals surface area contributed by atoms with E-state index in [4.69, 9.17) is 37.0 Å². The molecule has 0 aromatic carbocycles. The third-order valence-electron chi connectivity index (χ3n) is 15.3. The second kappa shape index (κ2) is 57.5. The number of aliphatic hydroxyl groups excluding tert-OH is 1. The number of hydrogen-bond acceptors (Lipinski definition) is 15. The molecule has 6 atom stereocenters. The van der Waals surface area contributed by atoms with Crippen LogP contribution < -0.4 is 0 Å². The van der Waals surface area contributed by atoms with E-state index < -0.39 is 97.5 Å². The van der Waals surface area contributed by atoms with E-state index in [1.165, 1.54) is 141 Å². The number of carbonyl (C=O) groups excluding carboxylic acids is 4. The van der Waals surface area contributed by atoms with Crippen LogP contribution in [0.5, 0.6) is 0 Å². The van der Waals surface area contributed by atoms with Crippen molar-refractivity contribution in [2.24, 2.45) is 11.8 Å². The molecule has 19 heteroatoms. The molecule has 3 N–H and O–H groups in total. The van der Waals surface area contributed by atoms with Gasteiger partial charge in [-0.15, -0.1) is 0 Å². The van der Waals surface area contributed by atoms with E-state index in [1.807, 2.05) is 0 Å². The average molecular weight is 1240 g/mol. The molecule has 0 aliphatic heterocycles. The summed E-state index contributed by atoms with van der Waals surface area (Å²) in [7, 11) is -9.89. The molecule has 84 heavy (non-hydrogen) atoms. The van der Waals surface area contributed by atoms with Gasteiger partial charge in [0.25, 0.3) is 0 Å². The molecule has 0 aliphatic rings. The van der Waals surface area contributed by atoms with Gasteiger partial charge in [-0.05, 0) is 37.5 Å². The third kappa shape index (κ3) is 57.8. The Morgan fingerprint density at radius 2 is 0.607 bits per heavy atom. The summed E-state index contributed by atoms with van der Waals surface area (Å²) in [6.07, 6.45) is 40.4. The maximum absolute atomic E-state index is 13.0. The van der Waals surface area contributed by atoms with Crippen LogP contribution in [0.2, 0.25) is 0 Å². The molecular formula is C65H126O17P2. The van der Waals surface area contributed by atoms with Crippen LogP contribution in [0.1, 0.15) is 324 Å². The summed E-state index contributed by atoms with van der Waals surface area (Å²) in [4.78, 5) is 72.2. The van der Waals surface area contributed by atoms with Gasteiger partial charge in [0.2, 0.25) is 0 Å². The van der Waals surface area contributed by atoms with Gasteiger partial charge >= 0.3 is 39.5 Å². The van der Waals surface area contributed by atoms with E-state index in [0.717, 1.165) is 95.8 Å². The van der Waals surface area contributed by atoms with Crippen LogP contribution in [-0.4, -0.2) is 96.7 Å².